The van der Waals surface area contributed by atoms with Gasteiger partial charge in [0.05, 0.1) is 0 Å². The molecule has 2 rings (SSSR count). The SMILES string of the molecule is NCc1ccc(S(=O)(=O)Nc2c(F)c(F)cc(F)c2F)s1. The van der Waals surface area contributed by atoms with Crippen LogP contribution in [0.15, 0.2) is 22.4 Å². The number of anilines is 1. The van der Waals surface area contributed by atoms with Crippen LogP contribution in [0.25, 0.3) is 0 Å². The summed E-state index contributed by atoms with van der Waals surface area (Å²) in [4.78, 5) is 0.516. The fraction of sp³-hybridized carbons (Fsp3) is 0.0909. The molecule has 0 fully saturated rings. The maximum absolute atomic E-state index is 13.4. The van der Waals surface area contributed by atoms with Crippen molar-refractivity contribution in [2.24, 2.45) is 5.73 Å². The lowest BCUT2D eigenvalue weighted by Gasteiger charge is -2.09. The molecule has 1 aromatic heterocycles. The van der Waals surface area contributed by atoms with Crippen molar-refractivity contribution in [1.82, 2.24) is 0 Å². The molecule has 0 saturated carbocycles. The maximum Gasteiger partial charge on any atom is 0.271 e. The van der Waals surface area contributed by atoms with Crippen LogP contribution < -0.4 is 10.5 Å². The third-order valence-electron chi connectivity index (χ3n) is 2.45. The predicted octanol–water partition coefficient (Wildman–Crippen LogP) is 2.56. The van der Waals surface area contributed by atoms with Crippen molar-refractivity contribution in [2.75, 3.05) is 4.72 Å². The molecule has 0 bridgehead atoms. The zero-order valence-corrected chi connectivity index (χ0v) is 11.8. The van der Waals surface area contributed by atoms with Gasteiger partial charge in [-0.3, -0.25) is 4.72 Å². The van der Waals surface area contributed by atoms with Gasteiger partial charge in [0.1, 0.15) is 9.90 Å². The van der Waals surface area contributed by atoms with Crippen molar-refractivity contribution in [3.05, 3.63) is 46.3 Å². The van der Waals surface area contributed by atoms with Crippen molar-refractivity contribution in [1.29, 1.82) is 0 Å². The number of hydrogen-bond acceptors (Lipinski definition) is 4. The highest BCUT2D eigenvalue weighted by Crippen LogP contribution is 2.28. The first-order valence-corrected chi connectivity index (χ1v) is 7.71. The largest absolute Gasteiger partial charge is 0.326 e. The normalized spacial score (nSPS) is 11.7. The van der Waals surface area contributed by atoms with Crippen molar-refractivity contribution in [3.63, 3.8) is 0 Å². The standard InChI is InChI=1S/C11H8F4N2O2S2/c12-6-3-7(13)10(15)11(9(6)14)17-21(18,19)8-2-1-5(4-16)20-8/h1-3,17H,4,16H2. The molecule has 10 heteroatoms. The van der Waals surface area contributed by atoms with Gasteiger partial charge < -0.3 is 5.73 Å². The van der Waals surface area contributed by atoms with Crippen LogP contribution in [-0.4, -0.2) is 8.42 Å². The summed E-state index contributed by atoms with van der Waals surface area (Å²) in [5, 5.41) is 0. The number of sulfonamides is 1. The van der Waals surface area contributed by atoms with Gasteiger partial charge in [-0.1, -0.05) is 0 Å². The van der Waals surface area contributed by atoms with Gasteiger partial charge in [0.15, 0.2) is 23.3 Å². The van der Waals surface area contributed by atoms with Crippen molar-refractivity contribution in [2.45, 2.75) is 10.8 Å². The molecule has 3 N–H and O–H groups in total. The highest BCUT2D eigenvalue weighted by molar-refractivity contribution is 7.94. The third-order valence-corrected chi connectivity index (χ3v) is 5.40. The number of thiophene rings is 1. The van der Waals surface area contributed by atoms with E-state index in [0.29, 0.717) is 4.88 Å². The van der Waals surface area contributed by atoms with E-state index in [0.717, 1.165) is 11.3 Å². The Morgan fingerprint density at radius 3 is 2.14 bits per heavy atom. The summed E-state index contributed by atoms with van der Waals surface area (Å²) in [6.07, 6.45) is 0. The molecule has 0 spiro atoms. The lowest BCUT2D eigenvalue weighted by molar-refractivity contribution is 0.459. The Bertz CT molecular complexity index is 764. The van der Waals surface area contributed by atoms with Crippen LogP contribution in [0.2, 0.25) is 0 Å². The van der Waals surface area contributed by atoms with Crippen LogP contribution in [0.5, 0.6) is 0 Å². The molecule has 0 atom stereocenters. The van der Waals surface area contributed by atoms with E-state index in [-0.39, 0.29) is 16.8 Å². The minimum absolute atomic E-state index is 0.0138. The lowest BCUT2D eigenvalue weighted by Crippen LogP contribution is -2.15. The number of halogens is 4. The predicted molar refractivity (Wildman–Crippen MR) is 69.3 cm³/mol. The van der Waals surface area contributed by atoms with Gasteiger partial charge >= 0.3 is 0 Å². The topological polar surface area (TPSA) is 72.2 Å². The Hall–Kier alpha value is -1.65. The van der Waals surface area contributed by atoms with Gasteiger partial charge in [0, 0.05) is 17.5 Å². The van der Waals surface area contributed by atoms with E-state index in [4.69, 9.17) is 5.73 Å². The zero-order chi connectivity index (χ0) is 15.8. The third kappa shape index (κ3) is 3.01. The quantitative estimate of drug-likeness (QED) is 0.664. The van der Waals surface area contributed by atoms with Crippen molar-refractivity contribution in [3.8, 4) is 0 Å². The minimum atomic E-state index is -4.38. The molecule has 2 aromatic rings. The number of hydrogen-bond donors (Lipinski definition) is 2. The molecule has 0 aliphatic rings. The zero-order valence-electron chi connectivity index (χ0n) is 10.2. The first-order chi connectivity index (χ1) is 9.76. The molecular formula is C11H8F4N2O2S2. The molecule has 4 nitrogen and oxygen atoms in total. The van der Waals surface area contributed by atoms with E-state index in [1.807, 2.05) is 0 Å². The van der Waals surface area contributed by atoms with Crippen molar-refractivity contribution < 1.29 is 26.0 Å². The number of nitrogens with two attached hydrogens (primary N) is 1. The molecule has 0 saturated heterocycles. The van der Waals surface area contributed by atoms with E-state index in [2.05, 4.69) is 0 Å². The average molecular weight is 340 g/mol. The van der Waals surface area contributed by atoms with Crippen LogP contribution in [0.4, 0.5) is 23.2 Å². The number of benzene rings is 1. The Balaban J connectivity index is 2.46. The average Bonchev–Trinajstić information content (AvgIpc) is 2.91. The van der Waals surface area contributed by atoms with E-state index in [9.17, 15) is 26.0 Å². The molecular weight excluding hydrogens is 332 g/mol. The van der Waals surface area contributed by atoms with Gasteiger partial charge in [-0.25, -0.2) is 26.0 Å². The van der Waals surface area contributed by atoms with Crippen LogP contribution in [0.1, 0.15) is 4.88 Å². The van der Waals surface area contributed by atoms with Gasteiger partial charge in [-0.05, 0) is 12.1 Å². The summed E-state index contributed by atoms with van der Waals surface area (Å²) in [5.74, 6) is -7.07. The fourth-order valence-corrected chi connectivity index (χ4v) is 3.75. The Morgan fingerprint density at radius 2 is 1.67 bits per heavy atom. The number of nitrogens with one attached hydrogen (secondary N) is 1. The van der Waals surface area contributed by atoms with Crippen LogP contribution in [-0.2, 0) is 16.6 Å². The lowest BCUT2D eigenvalue weighted by atomic mass is 10.3. The van der Waals surface area contributed by atoms with E-state index in [1.165, 1.54) is 16.9 Å². The van der Waals surface area contributed by atoms with Gasteiger partial charge in [-0.15, -0.1) is 11.3 Å². The first kappa shape index (κ1) is 15.7. The molecule has 0 amide bonds. The van der Waals surface area contributed by atoms with Crippen molar-refractivity contribution >= 4 is 27.0 Å². The molecule has 21 heavy (non-hydrogen) atoms. The van der Waals surface area contributed by atoms with Crippen LogP contribution in [0.3, 0.4) is 0 Å². The smallest absolute Gasteiger partial charge is 0.271 e. The summed E-state index contributed by atoms with van der Waals surface area (Å²) in [6.45, 7) is 0.0809. The molecule has 0 aliphatic heterocycles. The molecule has 1 aromatic carbocycles. The molecule has 0 aliphatic carbocycles. The Kier molecular flexibility index (Phi) is 4.21. The first-order valence-electron chi connectivity index (χ1n) is 5.41. The van der Waals surface area contributed by atoms with Gasteiger partial charge in [0.2, 0.25) is 0 Å². The molecule has 0 radical (unpaired) electrons. The van der Waals surface area contributed by atoms with E-state index < -0.39 is 39.0 Å². The molecule has 0 unspecified atom stereocenters. The summed E-state index contributed by atoms with van der Waals surface area (Å²) >= 11 is 0.771. The summed E-state index contributed by atoms with van der Waals surface area (Å²) < 4.78 is 78.0. The second-order valence-corrected chi connectivity index (χ2v) is 6.95. The fourth-order valence-electron chi connectivity index (χ4n) is 1.46. The monoisotopic (exact) mass is 340 g/mol. The summed E-state index contributed by atoms with van der Waals surface area (Å²) in [5.41, 5.74) is 3.92. The second-order valence-electron chi connectivity index (χ2n) is 3.87. The summed E-state index contributed by atoms with van der Waals surface area (Å²) in [6, 6.07) is 2.57. The van der Waals surface area contributed by atoms with Crippen LogP contribution in [0, 0.1) is 23.3 Å². The minimum Gasteiger partial charge on any atom is -0.326 e. The molecule has 1 heterocycles. The van der Waals surface area contributed by atoms with E-state index in [1.54, 1.807) is 0 Å². The van der Waals surface area contributed by atoms with Gasteiger partial charge in [-0.2, -0.15) is 0 Å². The molecule has 114 valence electrons. The Labute approximate surface area is 121 Å². The Morgan fingerprint density at radius 1 is 1.10 bits per heavy atom. The highest BCUT2D eigenvalue weighted by atomic mass is 32.2. The van der Waals surface area contributed by atoms with E-state index >= 15 is 0 Å². The second kappa shape index (κ2) is 5.62. The van der Waals surface area contributed by atoms with Gasteiger partial charge in [0.25, 0.3) is 10.0 Å². The summed E-state index contributed by atoms with van der Waals surface area (Å²) in [7, 11) is -4.38. The van der Waals surface area contributed by atoms with Crippen LogP contribution >= 0.6 is 11.3 Å². The highest BCUT2D eigenvalue weighted by Gasteiger charge is 2.25. The maximum atomic E-state index is 13.4. The number of rotatable bonds is 4.